The Labute approximate surface area is 88.2 Å². The van der Waals surface area contributed by atoms with Gasteiger partial charge in [0.25, 0.3) is 5.91 Å². The van der Waals surface area contributed by atoms with E-state index in [0.29, 0.717) is 5.92 Å². The van der Waals surface area contributed by atoms with Gasteiger partial charge in [0, 0.05) is 24.0 Å². The molecular weight excluding hydrogens is 188 g/mol. The summed E-state index contributed by atoms with van der Waals surface area (Å²) in [7, 11) is 0. The zero-order chi connectivity index (χ0) is 10.3. The number of nitrogens with zero attached hydrogens (tertiary/aromatic N) is 1. The molecule has 0 saturated heterocycles. The van der Waals surface area contributed by atoms with Gasteiger partial charge in [0.05, 0.1) is 0 Å². The lowest BCUT2D eigenvalue weighted by molar-refractivity contribution is 0.100. The van der Waals surface area contributed by atoms with Gasteiger partial charge < -0.3 is 5.32 Å². The van der Waals surface area contributed by atoms with Crippen LogP contribution in [0, 0.1) is 0 Å². The molecule has 0 aliphatic carbocycles. The van der Waals surface area contributed by atoms with Crippen LogP contribution in [-0.4, -0.2) is 18.7 Å². The van der Waals surface area contributed by atoms with Crippen molar-refractivity contribution in [1.29, 1.82) is 0 Å². The third-order valence-corrected chi connectivity index (χ3v) is 3.15. The van der Waals surface area contributed by atoms with Crippen molar-refractivity contribution in [2.24, 2.45) is 4.99 Å². The molecule has 1 N–H and O–H groups in total. The summed E-state index contributed by atoms with van der Waals surface area (Å²) in [6, 6.07) is 5.84. The van der Waals surface area contributed by atoms with Crippen molar-refractivity contribution in [2.75, 3.05) is 11.9 Å². The summed E-state index contributed by atoms with van der Waals surface area (Å²) in [4.78, 5) is 15.7. The summed E-state index contributed by atoms with van der Waals surface area (Å²) in [5, 5.41) is 3.34. The molecule has 1 aromatic rings. The molecule has 1 atom stereocenters. The lowest BCUT2D eigenvalue weighted by Gasteiger charge is -2.26. The molecule has 1 amide bonds. The van der Waals surface area contributed by atoms with E-state index in [1.165, 1.54) is 5.56 Å². The molecule has 0 fully saturated rings. The lowest BCUT2D eigenvalue weighted by Crippen LogP contribution is -2.18. The Hall–Kier alpha value is -1.64. The van der Waals surface area contributed by atoms with Crippen LogP contribution >= 0.6 is 0 Å². The first kappa shape index (κ1) is 8.65. The van der Waals surface area contributed by atoms with E-state index in [-0.39, 0.29) is 5.91 Å². The van der Waals surface area contributed by atoms with Crippen molar-refractivity contribution >= 4 is 17.8 Å². The number of hydrogen-bond acceptors (Lipinski definition) is 2. The first-order chi connectivity index (χ1) is 7.36. The summed E-state index contributed by atoms with van der Waals surface area (Å²) >= 11 is 0. The van der Waals surface area contributed by atoms with Gasteiger partial charge in [-0.3, -0.25) is 4.79 Å². The van der Waals surface area contributed by atoms with Crippen LogP contribution in [0.4, 0.5) is 5.69 Å². The fraction of sp³-hybridized carbons (Fsp3) is 0.333. The third kappa shape index (κ3) is 1.27. The van der Waals surface area contributed by atoms with E-state index in [1.807, 2.05) is 18.2 Å². The van der Waals surface area contributed by atoms with Crippen molar-refractivity contribution in [3.05, 3.63) is 29.3 Å². The number of anilines is 1. The molecule has 76 valence electrons. The summed E-state index contributed by atoms with van der Waals surface area (Å²) in [6.07, 6.45) is 3.74. The average molecular weight is 200 g/mol. The molecule has 1 unspecified atom stereocenters. The Kier molecular flexibility index (Phi) is 1.84. The number of rotatable bonds is 0. The monoisotopic (exact) mass is 200 g/mol. The van der Waals surface area contributed by atoms with E-state index in [4.69, 9.17) is 0 Å². The summed E-state index contributed by atoms with van der Waals surface area (Å²) in [5.74, 6) is 0.366. The zero-order valence-corrected chi connectivity index (χ0v) is 8.36. The van der Waals surface area contributed by atoms with Gasteiger partial charge in [0.2, 0.25) is 0 Å². The summed E-state index contributed by atoms with van der Waals surface area (Å²) in [5.41, 5.74) is 3.06. The highest BCUT2D eigenvalue weighted by Crippen LogP contribution is 2.37. The smallest absolute Gasteiger partial charge is 0.277 e. The topological polar surface area (TPSA) is 41.5 Å². The normalized spacial score (nSPS) is 22.9. The Morgan fingerprint density at radius 2 is 2.33 bits per heavy atom. The van der Waals surface area contributed by atoms with Crippen LogP contribution in [0.5, 0.6) is 0 Å². The predicted octanol–water partition coefficient (Wildman–Crippen LogP) is 2.20. The highest BCUT2D eigenvalue weighted by atomic mass is 16.1. The van der Waals surface area contributed by atoms with E-state index in [2.05, 4.69) is 10.3 Å². The summed E-state index contributed by atoms with van der Waals surface area (Å²) < 4.78 is 0. The molecule has 0 spiro atoms. The van der Waals surface area contributed by atoms with E-state index < -0.39 is 0 Å². The van der Waals surface area contributed by atoms with Gasteiger partial charge in [-0.1, -0.05) is 6.07 Å². The largest absolute Gasteiger partial charge is 0.385 e. The number of aliphatic imine (C=N–C) groups is 1. The number of carbonyl (C=O) groups excluding carboxylic acids is 1. The van der Waals surface area contributed by atoms with Gasteiger partial charge in [0.15, 0.2) is 0 Å². The van der Waals surface area contributed by atoms with Gasteiger partial charge in [-0.25, -0.2) is 4.99 Å². The lowest BCUT2D eigenvalue weighted by atomic mass is 9.86. The van der Waals surface area contributed by atoms with Crippen molar-refractivity contribution in [3.63, 3.8) is 0 Å². The molecule has 15 heavy (non-hydrogen) atoms. The van der Waals surface area contributed by atoms with Gasteiger partial charge in [-0.2, -0.15) is 0 Å². The number of hydrogen-bond donors (Lipinski definition) is 1. The number of nitrogens with one attached hydrogen (secondary N) is 1. The highest BCUT2D eigenvalue weighted by Gasteiger charge is 2.26. The number of carbonyl (C=O) groups is 1. The number of amides is 1. The van der Waals surface area contributed by atoms with Crippen LogP contribution in [0.15, 0.2) is 23.2 Å². The minimum absolute atomic E-state index is 0.0990. The molecule has 0 saturated carbocycles. The first-order valence-corrected chi connectivity index (χ1v) is 5.30. The van der Waals surface area contributed by atoms with Crippen LogP contribution in [0.2, 0.25) is 0 Å². The molecule has 3 heteroatoms. The third-order valence-electron chi connectivity index (χ3n) is 3.15. The van der Waals surface area contributed by atoms with Crippen LogP contribution in [-0.2, 0) is 0 Å². The second kappa shape index (κ2) is 3.19. The molecule has 1 aromatic carbocycles. The van der Waals surface area contributed by atoms with Gasteiger partial charge in [-0.15, -0.1) is 0 Å². The van der Waals surface area contributed by atoms with Gasteiger partial charge in [-0.05, 0) is 36.5 Å². The zero-order valence-electron chi connectivity index (χ0n) is 8.36. The molecule has 2 aliphatic heterocycles. The van der Waals surface area contributed by atoms with Crippen molar-refractivity contribution < 1.29 is 4.79 Å². The van der Waals surface area contributed by atoms with Crippen LogP contribution in [0.1, 0.15) is 34.7 Å². The quantitative estimate of drug-likeness (QED) is 0.697. The van der Waals surface area contributed by atoms with E-state index in [0.717, 1.165) is 30.6 Å². The molecule has 2 aliphatic rings. The van der Waals surface area contributed by atoms with Crippen molar-refractivity contribution in [1.82, 2.24) is 0 Å². The standard InChI is InChI=1S/C12H12N2O/c15-12-9-2-1-3-10-11(9)8(4-6-13-10)5-7-14-12/h1-3,7-8,13H,4-6H2. The van der Waals surface area contributed by atoms with Gasteiger partial charge >= 0.3 is 0 Å². The molecular formula is C12H12N2O. The van der Waals surface area contributed by atoms with E-state index in [1.54, 1.807) is 6.21 Å². The Morgan fingerprint density at radius 1 is 1.40 bits per heavy atom. The molecule has 0 radical (unpaired) electrons. The van der Waals surface area contributed by atoms with Crippen molar-refractivity contribution in [3.8, 4) is 0 Å². The van der Waals surface area contributed by atoms with Crippen LogP contribution < -0.4 is 5.32 Å². The second-order valence-corrected chi connectivity index (χ2v) is 4.03. The first-order valence-electron chi connectivity index (χ1n) is 5.30. The van der Waals surface area contributed by atoms with Gasteiger partial charge in [0.1, 0.15) is 0 Å². The minimum atomic E-state index is -0.0990. The molecule has 3 rings (SSSR count). The maximum absolute atomic E-state index is 11.7. The molecule has 2 heterocycles. The van der Waals surface area contributed by atoms with E-state index in [9.17, 15) is 4.79 Å². The number of benzene rings is 1. The molecule has 3 nitrogen and oxygen atoms in total. The SMILES string of the molecule is O=C1N=CCC2CCNc3cccc1c32. The average Bonchev–Trinajstić information content (AvgIpc) is 2.42. The Bertz CT molecular complexity index is 451. The molecule has 0 aromatic heterocycles. The fourth-order valence-corrected chi connectivity index (χ4v) is 2.44. The maximum atomic E-state index is 11.7. The van der Waals surface area contributed by atoms with Crippen LogP contribution in [0.25, 0.3) is 0 Å². The fourth-order valence-electron chi connectivity index (χ4n) is 2.44. The van der Waals surface area contributed by atoms with Crippen LogP contribution in [0.3, 0.4) is 0 Å². The van der Waals surface area contributed by atoms with E-state index >= 15 is 0 Å². The second-order valence-electron chi connectivity index (χ2n) is 4.03. The molecule has 0 bridgehead atoms. The predicted molar refractivity (Wildman–Crippen MR) is 59.7 cm³/mol. The van der Waals surface area contributed by atoms with Crippen molar-refractivity contribution in [2.45, 2.75) is 18.8 Å². The minimum Gasteiger partial charge on any atom is -0.385 e. The summed E-state index contributed by atoms with van der Waals surface area (Å²) in [6.45, 7) is 0.989. The Balaban J connectivity index is 2.25. The maximum Gasteiger partial charge on any atom is 0.277 e. The highest BCUT2D eigenvalue weighted by molar-refractivity contribution is 6.02. The Morgan fingerprint density at radius 3 is 3.27 bits per heavy atom.